The Balaban J connectivity index is 1.33. The highest BCUT2D eigenvalue weighted by atomic mass is 19.1. The standard InChI is InChI=1S/C29H25FN6O/c30-25-14-8-7-13-23(25)29(37)35-17-15-34(16-18-35)27-24-20-31-36(22-11-5-2-6-12-22)28(24)33-26(32-27)19-21-9-3-1-4-10-21/h1-14,20H,15-19H2. The van der Waals surface area contributed by atoms with Gasteiger partial charge in [-0.2, -0.15) is 5.10 Å². The summed E-state index contributed by atoms with van der Waals surface area (Å²) in [5.74, 6) is 0.728. The Bertz CT molecular complexity index is 1550. The molecule has 1 aliphatic heterocycles. The second-order valence-electron chi connectivity index (χ2n) is 9.01. The van der Waals surface area contributed by atoms with Gasteiger partial charge in [-0.25, -0.2) is 19.0 Å². The number of hydrogen-bond acceptors (Lipinski definition) is 5. The van der Waals surface area contributed by atoms with E-state index in [0.717, 1.165) is 28.1 Å². The number of amides is 1. The molecule has 0 atom stereocenters. The zero-order chi connectivity index (χ0) is 25.2. The third-order valence-corrected chi connectivity index (χ3v) is 6.63. The summed E-state index contributed by atoms with van der Waals surface area (Å²) < 4.78 is 16.0. The first-order valence-corrected chi connectivity index (χ1v) is 12.3. The van der Waals surface area contributed by atoms with Gasteiger partial charge in [0.15, 0.2) is 5.65 Å². The van der Waals surface area contributed by atoms with Crippen molar-refractivity contribution in [3.05, 3.63) is 114 Å². The molecule has 2 aromatic heterocycles. The summed E-state index contributed by atoms with van der Waals surface area (Å²) in [5, 5.41) is 5.50. The van der Waals surface area contributed by atoms with E-state index in [0.29, 0.717) is 38.4 Å². The molecule has 184 valence electrons. The van der Waals surface area contributed by atoms with Crippen molar-refractivity contribution in [3.63, 3.8) is 0 Å². The number of benzene rings is 3. The maximum Gasteiger partial charge on any atom is 0.256 e. The minimum absolute atomic E-state index is 0.106. The Morgan fingerprint density at radius 1 is 0.811 bits per heavy atom. The highest BCUT2D eigenvalue weighted by Gasteiger charge is 2.27. The van der Waals surface area contributed by atoms with Crippen LogP contribution in [0.15, 0.2) is 91.1 Å². The van der Waals surface area contributed by atoms with E-state index in [1.807, 2.05) is 53.2 Å². The lowest BCUT2D eigenvalue weighted by molar-refractivity contribution is 0.0742. The zero-order valence-electron chi connectivity index (χ0n) is 20.2. The maximum absolute atomic E-state index is 14.2. The van der Waals surface area contributed by atoms with E-state index < -0.39 is 5.82 Å². The number of para-hydroxylation sites is 1. The molecule has 1 amide bonds. The second-order valence-corrected chi connectivity index (χ2v) is 9.01. The van der Waals surface area contributed by atoms with Gasteiger partial charge in [-0.05, 0) is 29.8 Å². The van der Waals surface area contributed by atoms with Gasteiger partial charge in [-0.15, -0.1) is 0 Å². The molecule has 0 bridgehead atoms. The van der Waals surface area contributed by atoms with Crippen molar-refractivity contribution in [1.29, 1.82) is 0 Å². The summed E-state index contributed by atoms with van der Waals surface area (Å²) in [6.45, 7) is 2.10. The molecule has 0 radical (unpaired) electrons. The lowest BCUT2D eigenvalue weighted by Crippen LogP contribution is -2.49. The molecular formula is C29H25FN6O. The summed E-state index contributed by atoms with van der Waals surface area (Å²) in [5.41, 5.74) is 2.90. The van der Waals surface area contributed by atoms with Crippen LogP contribution in [0.4, 0.5) is 10.2 Å². The Labute approximate surface area is 213 Å². The van der Waals surface area contributed by atoms with Crippen LogP contribution < -0.4 is 4.90 Å². The van der Waals surface area contributed by atoms with Crippen molar-refractivity contribution in [2.45, 2.75) is 6.42 Å². The molecule has 1 fully saturated rings. The Morgan fingerprint density at radius 2 is 1.49 bits per heavy atom. The van der Waals surface area contributed by atoms with Crippen LogP contribution in [0.2, 0.25) is 0 Å². The molecule has 6 rings (SSSR count). The fourth-order valence-corrected chi connectivity index (χ4v) is 4.72. The average Bonchev–Trinajstić information content (AvgIpc) is 3.38. The normalized spacial score (nSPS) is 13.8. The summed E-state index contributed by atoms with van der Waals surface area (Å²) in [7, 11) is 0. The van der Waals surface area contributed by atoms with Crippen molar-refractivity contribution in [2.24, 2.45) is 0 Å². The van der Waals surface area contributed by atoms with Crippen LogP contribution in [0.1, 0.15) is 21.7 Å². The number of carbonyl (C=O) groups excluding carboxylic acids is 1. The quantitative estimate of drug-likeness (QED) is 0.361. The van der Waals surface area contributed by atoms with Crippen LogP contribution in [-0.2, 0) is 6.42 Å². The Hall–Kier alpha value is -4.59. The number of carbonyl (C=O) groups is 1. The first kappa shape index (κ1) is 22.8. The van der Waals surface area contributed by atoms with E-state index in [2.05, 4.69) is 22.1 Å². The third-order valence-electron chi connectivity index (χ3n) is 6.63. The highest BCUT2D eigenvalue weighted by Crippen LogP contribution is 2.28. The topological polar surface area (TPSA) is 67.2 Å². The van der Waals surface area contributed by atoms with Gasteiger partial charge in [-0.3, -0.25) is 4.79 Å². The number of hydrogen-bond donors (Lipinski definition) is 0. The van der Waals surface area contributed by atoms with Gasteiger partial charge in [-0.1, -0.05) is 60.7 Å². The van der Waals surface area contributed by atoms with E-state index >= 15 is 0 Å². The predicted octanol–water partition coefficient (Wildman–Crippen LogP) is 4.51. The SMILES string of the molecule is O=C(c1ccccc1F)N1CCN(c2nc(Cc3ccccc3)nc3c2cnn3-c2ccccc2)CC1. The van der Waals surface area contributed by atoms with Crippen molar-refractivity contribution in [2.75, 3.05) is 31.1 Å². The fraction of sp³-hybridized carbons (Fsp3) is 0.172. The van der Waals surface area contributed by atoms with Crippen LogP contribution >= 0.6 is 0 Å². The minimum Gasteiger partial charge on any atom is -0.352 e. The number of rotatable bonds is 5. The third kappa shape index (κ3) is 4.53. The Kier molecular flexibility index (Phi) is 6.06. The number of aromatic nitrogens is 4. The minimum atomic E-state index is -0.494. The van der Waals surface area contributed by atoms with Gasteiger partial charge in [0.25, 0.3) is 5.91 Å². The number of nitrogens with zero attached hydrogens (tertiary/aromatic N) is 6. The van der Waals surface area contributed by atoms with E-state index in [1.165, 1.54) is 12.1 Å². The molecule has 1 saturated heterocycles. The van der Waals surface area contributed by atoms with Gasteiger partial charge >= 0.3 is 0 Å². The van der Waals surface area contributed by atoms with E-state index in [-0.39, 0.29) is 11.5 Å². The molecule has 0 saturated carbocycles. The van der Waals surface area contributed by atoms with Gasteiger partial charge in [0.2, 0.25) is 0 Å². The fourth-order valence-electron chi connectivity index (χ4n) is 4.72. The van der Waals surface area contributed by atoms with Crippen molar-refractivity contribution in [3.8, 4) is 5.69 Å². The maximum atomic E-state index is 14.2. The van der Waals surface area contributed by atoms with E-state index in [9.17, 15) is 9.18 Å². The molecule has 7 nitrogen and oxygen atoms in total. The van der Waals surface area contributed by atoms with Gasteiger partial charge in [0.05, 0.1) is 22.8 Å². The monoisotopic (exact) mass is 492 g/mol. The zero-order valence-corrected chi connectivity index (χ0v) is 20.2. The summed E-state index contributed by atoms with van der Waals surface area (Å²) in [6, 6.07) is 26.2. The number of fused-ring (bicyclic) bond motifs is 1. The van der Waals surface area contributed by atoms with Crippen molar-refractivity contribution < 1.29 is 9.18 Å². The van der Waals surface area contributed by atoms with E-state index in [1.54, 1.807) is 23.2 Å². The molecule has 0 N–H and O–H groups in total. The molecule has 0 aliphatic carbocycles. The van der Waals surface area contributed by atoms with Crippen LogP contribution in [0.25, 0.3) is 16.7 Å². The highest BCUT2D eigenvalue weighted by molar-refractivity contribution is 5.95. The lowest BCUT2D eigenvalue weighted by Gasteiger charge is -2.35. The van der Waals surface area contributed by atoms with Crippen LogP contribution in [0.5, 0.6) is 0 Å². The van der Waals surface area contributed by atoms with E-state index in [4.69, 9.17) is 9.97 Å². The number of halogens is 1. The molecule has 5 aromatic rings. The van der Waals surface area contributed by atoms with Crippen molar-refractivity contribution >= 4 is 22.8 Å². The molecular weight excluding hydrogens is 467 g/mol. The van der Waals surface area contributed by atoms with Crippen LogP contribution in [0.3, 0.4) is 0 Å². The molecule has 0 spiro atoms. The van der Waals surface area contributed by atoms with Gasteiger partial charge in [0, 0.05) is 32.6 Å². The molecule has 3 aromatic carbocycles. The number of piperazine rings is 1. The lowest BCUT2D eigenvalue weighted by atomic mass is 10.1. The smallest absolute Gasteiger partial charge is 0.256 e. The molecule has 8 heteroatoms. The van der Waals surface area contributed by atoms with Crippen molar-refractivity contribution in [1.82, 2.24) is 24.6 Å². The largest absolute Gasteiger partial charge is 0.352 e. The predicted molar refractivity (Wildman–Crippen MR) is 140 cm³/mol. The Morgan fingerprint density at radius 3 is 2.22 bits per heavy atom. The molecule has 37 heavy (non-hydrogen) atoms. The second kappa shape index (κ2) is 9.81. The average molecular weight is 493 g/mol. The molecule has 0 unspecified atom stereocenters. The summed E-state index contributed by atoms with van der Waals surface area (Å²) in [4.78, 5) is 26.7. The summed E-state index contributed by atoms with van der Waals surface area (Å²) in [6.07, 6.45) is 2.40. The summed E-state index contributed by atoms with van der Waals surface area (Å²) >= 11 is 0. The first-order chi connectivity index (χ1) is 18.2. The first-order valence-electron chi connectivity index (χ1n) is 12.3. The molecule has 1 aliphatic rings. The molecule has 3 heterocycles. The van der Waals surface area contributed by atoms with Gasteiger partial charge < -0.3 is 9.80 Å². The van der Waals surface area contributed by atoms with Crippen LogP contribution in [-0.4, -0.2) is 56.7 Å². The van der Waals surface area contributed by atoms with Gasteiger partial charge in [0.1, 0.15) is 17.5 Å². The number of anilines is 1. The van der Waals surface area contributed by atoms with Crippen LogP contribution in [0, 0.1) is 5.82 Å².